The van der Waals surface area contributed by atoms with E-state index in [-0.39, 0.29) is 11.5 Å². The Morgan fingerprint density at radius 3 is 2.42 bits per heavy atom. The molecule has 104 valence electrons. The van der Waals surface area contributed by atoms with Crippen LogP contribution < -0.4 is 5.73 Å². The first-order valence-corrected chi connectivity index (χ1v) is 6.77. The molecule has 0 aromatic carbocycles. The molecule has 0 amide bonds. The van der Waals surface area contributed by atoms with E-state index >= 15 is 0 Å². The van der Waals surface area contributed by atoms with Crippen LogP contribution in [-0.4, -0.2) is 4.98 Å². The minimum absolute atomic E-state index is 0.161. The Bertz CT molecular complexity index is 460. The van der Waals surface area contributed by atoms with Crippen molar-refractivity contribution in [3.05, 3.63) is 29.6 Å². The third kappa shape index (κ3) is 2.24. The second-order valence-electron chi connectivity index (χ2n) is 5.68. The molecule has 19 heavy (non-hydrogen) atoms. The van der Waals surface area contributed by atoms with Crippen molar-refractivity contribution in [3.8, 4) is 0 Å². The molecule has 2 N–H and O–H groups in total. The minimum atomic E-state index is -4.35. The Hall–Kier alpha value is -1.10. The van der Waals surface area contributed by atoms with Crippen molar-refractivity contribution in [2.75, 3.05) is 0 Å². The number of nitrogens with two attached hydrogens (primary N) is 1. The zero-order valence-electron chi connectivity index (χ0n) is 10.5. The lowest BCUT2D eigenvalue weighted by molar-refractivity contribution is -0.138. The molecule has 2 nitrogen and oxygen atoms in total. The van der Waals surface area contributed by atoms with Crippen molar-refractivity contribution >= 4 is 0 Å². The van der Waals surface area contributed by atoms with E-state index in [1.165, 1.54) is 25.2 Å². The predicted molar refractivity (Wildman–Crippen MR) is 65.1 cm³/mol. The van der Waals surface area contributed by atoms with Crippen LogP contribution in [0.2, 0.25) is 0 Å². The molecule has 2 fully saturated rings. The molecule has 3 rings (SSSR count). The van der Waals surface area contributed by atoms with Gasteiger partial charge < -0.3 is 5.73 Å². The first-order valence-electron chi connectivity index (χ1n) is 6.77. The zero-order valence-corrected chi connectivity index (χ0v) is 10.5. The van der Waals surface area contributed by atoms with Crippen molar-refractivity contribution in [1.29, 1.82) is 0 Å². The minimum Gasteiger partial charge on any atom is -0.324 e. The van der Waals surface area contributed by atoms with Gasteiger partial charge >= 0.3 is 6.18 Å². The highest BCUT2D eigenvalue weighted by atomic mass is 19.4. The molecule has 3 atom stereocenters. The van der Waals surface area contributed by atoms with Crippen LogP contribution in [0.15, 0.2) is 18.5 Å². The number of aromatic nitrogens is 1. The maximum atomic E-state index is 13.0. The molecule has 2 aliphatic carbocycles. The SMILES string of the molecule is NC(c1cnccc1C(F)(F)F)C1C2CCCCC21. The summed E-state index contributed by atoms with van der Waals surface area (Å²) in [6, 6.07) is 0.500. The Kier molecular flexibility index (Phi) is 3.04. The molecular weight excluding hydrogens is 253 g/mol. The summed E-state index contributed by atoms with van der Waals surface area (Å²) in [5.74, 6) is 1.28. The highest BCUT2D eigenvalue weighted by Gasteiger charge is 2.54. The van der Waals surface area contributed by atoms with Crippen LogP contribution in [0.3, 0.4) is 0 Å². The molecule has 5 heteroatoms. The number of halogens is 3. The largest absolute Gasteiger partial charge is 0.416 e. The summed E-state index contributed by atoms with van der Waals surface area (Å²) in [7, 11) is 0. The second-order valence-corrected chi connectivity index (χ2v) is 5.68. The Morgan fingerprint density at radius 1 is 1.21 bits per heavy atom. The van der Waals surface area contributed by atoms with Crippen molar-refractivity contribution in [2.24, 2.45) is 23.5 Å². The van der Waals surface area contributed by atoms with Crippen molar-refractivity contribution < 1.29 is 13.2 Å². The monoisotopic (exact) mass is 270 g/mol. The highest BCUT2D eigenvalue weighted by molar-refractivity contribution is 5.31. The molecule has 2 saturated carbocycles. The quantitative estimate of drug-likeness (QED) is 0.892. The standard InChI is InChI=1S/C14H17F3N2/c15-14(16,17)11-5-6-19-7-10(11)13(18)12-8-3-1-2-4-9(8)12/h5-9,12-13H,1-4,18H2. The topological polar surface area (TPSA) is 38.9 Å². The van der Waals surface area contributed by atoms with Gasteiger partial charge in [0.05, 0.1) is 5.56 Å². The van der Waals surface area contributed by atoms with E-state index in [2.05, 4.69) is 4.98 Å². The van der Waals surface area contributed by atoms with Gasteiger partial charge in [-0.05, 0) is 42.2 Å². The van der Waals surface area contributed by atoms with Gasteiger partial charge in [-0.25, -0.2) is 0 Å². The van der Waals surface area contributed by atoms with Gasteiger partial charge in [-0.3, -0.25) is 4.98 Å². The number of pyridine rings is 1. The number of nitrogens with zero attached hydrogens (tertiary/aromatic N) is 1. The fraction of sp³-hybridized carbons (Fsp3) is 0.643. The fourth-order valence-electron chi connectivity index (χ4n) is 3.72. The van der Waals surface area contributed by atoms with Gasteiger partial charge in [-0.2, -0.15) is 13.2 Å². The van der Waals surface area contributed by atoms with E-state index in [4.69, 9.17) is 5.73 Å². The maximum Gasteiger partial charge on any atom is 0.416 e. The van der Waals surface area contributed by atoms with Crippen molar-refractivity contribution in [3.63, 3.8) is 0 Å². The fourth-order valence-corrected chi connectivity index (χ4v) is 3.72. The maximum absolute atomic E-state index is 13.0. The second kappa shape index (κ2) is 4.47. The zero-order chi connectivity index (χ0) is 13.6. The van der Waals surface area contributed by atoms with E-state index in [0.29, 0.717) is 11.8 Å². The molecule has 0 bridgehead atoms. The molecule has 0 saturated heterocycles. The number of rotatable bonds is 2. The first kappa shape index (κ1) is 12.9. The lowest BCUT2D eigenvalue weighted by atomic mass is 9.97. The number of hydrogen-bond donors (Lipinski definition) is 1. The van der Waals surface area contributed by atoms with Crippen LogP contribution in [0.5, 0.6) is 0 Å². The van der Waals surface area contributed by atoms with E-state index < -0.39 is 17.8 Å². The summed E-state index contributed by atoms with van der Waals surface area (Å²) >= 11 is 0. The Morgan fingerprint density at radius 2 is 1.84 bits per heavy atom. The Balaban J connectivity index is 1.86. The number of hydrogen-bond acceptors (Lipinski definition) is 2. The van der Waals surface area contributed by atoms with E-state index in [1.807, 2.05) is 0 Å². The van der Waals surface area contributed by atoms with Crippen LogP contribution in [0.25, 0.3) is 0 Å². The summed E-state index contributed by atoms with van der Waals surface area (Å²) in [6.45, 7) is 0. The summed E-state index contributed by atoms with van der Waals surface area (Å²) < 4.78 is 38.9. The third-order valence-corrected chi connectivity index (χ3v) is 4.65. The van der Waals surface area contributed by atoms with Gasteiger partial charge in [0.25, 0.3) is 0 Å². The average molecular weight is 270 g/mol. The molecular formula is C14H17F3N2. The van der Waals surface area contributed by atoms with E-state index in [0.717, 1.165) is 18.9 Å². The molecule has 1 aromatic heterocycles. The third-order valence-electron chi connectivity index (χ3n) is 4.65. The molecule has 1 heterocycles. The summed E-state index contributed by atoms with van der Waals surface area (Å²) in [5, 5.41) is 0. The number of alkyl halides is 3. The lowest BCUT2D eigenvalue weighted by Crippen LogP contribution is -2.20. The van der Waals surface area contributed by atoms with Crippen LogP contribution in [0.4, 0.5) is 13.2 Å². The van der Waals surface area contributed by atoms with Crippen LogP contribution in [-0.2, 0) is 6.18 Å². The molecule has 1 aromatic rings. The normalized spacial score (nSPS) is 31.7. The smallest absolute Gasteiger partial charge is 0.324 e. The van der Waals surface area contributed by atoms with Gasteiger partial charge in [0.2, 0.25) is 0 Å². The van der Waals surface area contributed by atoms with Crippen LogP contribution in [0, 0.1) is 17.8 Å². The van der Waals surface area contributed by atoms with Gasteiger partial charge in [0.1, 0.15) is 0 Å². The van der Waals surface area contributed by atoms with E-state index in [1.54, 1.807) is 0 Å². The van der Waals surface area contributed by atoms with Crippen molar-refractivity contribution in [1.82, 2.24) is 4.98 Å². The summed E-state index contributed by atoms with van der Waals surface area (Å²) in [4.78, 5) is 3.83. The molecule has 2 aliphatic rings. The van der Waals surface area contributed by atoms with E-state index in [9.17, 15) is 13.2 Å². The van der Waals surface area contributed by atoms with Gasteiger partial charge in [-0.1, -0.05) is 12.8 Å². The molecule has 0 radical (unpaired) electrons. The molecule has 3 unspecified atom stereocenters. The van der Waals surface area contributed by atoms with Gasteiger partial charge in [0, 0.05) is 18.4 Å². The highest BCUT2D eigenvalue weighted by Crippen LogP contribution is 2.60. The van der Waals surface area contributed by atoms with Gasteiger partial charge in [-0.15, -0.1) is 0 Å². The van der Waals surface area contributed by atoms with Crippen LogP contribution >= 0.6 is 0 Å². The number of fused-ring (bicyclic) bond motifs is 1. The summed E-state index contributed by atoms with van der Waals surface area (Å²) in [5.41, 5.74) is 5.65. The van der Waals surface area contributed by atoms with Crippen molar-refractivity contribution in [2.45, 2.75) is 37.9 Å². The van der Waals surface area contributed by atoms with Gasteiger partial charge in [0.15, 0.2) is 0 Å². The molecule has 0 aliphatic heterocycles. The lowest BCUT2D eigenvalue weighted by Gasteiger charge is -2.18. The predicted octanol–water partition coefficient (Wildman–Crippen LogP) is 3.54. The first-order chi connectivity index (χ1) is 9.00. The summed E-state index contributed by atoms with van der Waals surface area (Å²) in [6.07, 6.45) is 2.72. The van der Waals surface area contributed by atoms with Crippen LogP contribution in [0.1, 0.15) is 42.9 Å². The average Bonchev–Trinajstić information content (AvgIpc) is 3.11. The molecule has 0 spiro atoms. The Labute approximate surface area is 110 Å².